The maximum Gasteiger partial charge on any atom is 0.308 e. The second-order valence-electron chi connectivity index (χ2n) is 4.93. The molecule has 4 heteroatoms. The van der Waals surface area contributed by atoms with Crippen LogP contribution >= 0.6 is 0 Å². The van der Waals surface area contributed by atoms with Gasteiger partial charge in [-0.15, -0.1) is 0 Å². The summed E-state index contributed by atoms with van der Waals surface area (Å²) in [5.41, 5.74) is 1.09. The minimum absolute atomic E-state index is 0.0231. The van der Waals surface area contributed by atoms with E-state index in [1.165, 1.54) is 0 Å². The minimum atomic E-state index is -0.690. The lowest BCUT2D eigenvalue weighted by atomic mass is 9.79. The third kappa shape index (κ3) is 2.10. The van der Waals surface area contributed by atoms with Crippen molar-refractivity contribution in [1.29, 1.82) is 0 Å². The topological polar surface area (TPSA) is 55.1 Å². The van der Waals surface area contributed by atoms with Gasteiger partial charge in [-0.2, -0.15) is 5.10 Å². The molecule has 4 nitrogen and oxygen atoms in total. The number of carbonyl (C=O) groups is 1. The van der Waals surface area contributed by atoms with Gasteiger partial charge >= 0.3 is 5.97 Å². The van der Waals surface area contributed by atoms with E-state index in [1.54, 1.807) is 6.20 Å². The van der Waals surface area contributed by atoms with Crippen LogP contribution in [0.25, 0.3) is 0 Å². The second kappa shape index (κ2) is 4.28. The molecule has 1 aliphatic carbocycles. The summed E-state index contributed by atoms with van der Waals surface area (Å²) < 4.78 is 1.84. The van der Waals surface area contributed by atoms with Gasteiger partial charge in [0.15, 0.2) is 0 Å². The zero-order valence-corrected chi connectivity index (χ0v) is 9.76. The molecule has 1 saturated carbocycles. The van der Waals surface area contributed by atoms with Crippen LogP contribution < -0.4 is 0 Å². The summed E-state index contributed by atoms with van der Waals surface area (Å²) in [6.07, 6.45) is 6.42. The van der Waals surface area contributed by atoms with E-state index in [-0.39, 0.29) is 12.0 Å². The van der Waals surface area contributed by atoms with Crippen molar-refractivity contribution < 1.29 is 9.90 Å². The number of rotatable bonds is 2. The molecule has 88 valence electrons. The molecule has 0 bridgehead atoms. The molecule has 1 aliphatic rings. The Labute approximate surface area is 95.3 Å². The summed E-state index contributed by atoms with van der Waals surface area (Å²) in [7, 11) is 0. The van der Waals surface area contributed by atoms with Crippen LogP contribution in [0.3, 0.4) is 0 Å². The number of carboxylic acids is 1. The zero-order chi connectivity index (χ0) is 11.7. The smallest absolute Gasteiger partial charge is 0.308 e. The molecule has 16 heavy (non-hydrogen) atoms. The van der Waals surface area contributed by atoms with Crippen molar-refractivity contribution in [2.24, 2.45) is 11.8 Å². The number of nitrogens with zero attached hydrogens (tertiary/aromatic N) is 2. The predicted octanol–water partition coefficient (Wildman–Crippen LogP) is 2.25. The highest BCUT2D eigenvalue weighted by atomic mass is 16.4. The molecular formula is C12H18N2O2. The van der Waals surface area contributed by atoms with E-state index in [0.717, 1.165) is 24.8 Å². The van der Waals surface area contributed by atoms with E-state index in [9.17, 15) is 9.90 Å². The van der Waals surface area contributed by atoms with Gasteiger partial charge in [0.05, 0.1) is 18.2 Å². The first-order valence-electron chi connectivity index (χ1n) is 5.81. The Kier molecular flexibility index (Phi) is 2.99. The lowest BCUT2D eigenvalue weighted by Crippen LogP contribution is -2.32. The Morgan fingerprint density at radius 1 is 1.56 bits per heavy atom. The van der Waals surface area contributed by atoms with Gasteiger partial charge in [-0.25, -0.2) is 0 Å². The van der Waals surface area contributed by atoms with Crippen molar-refractivity contribution in [2.45, 2.75) is 39.2 Å². The normalized spacial score (nSPS) is 30.2. The Morgan fingerprint density at radius 2 is 2.31 bits per heavy atom. The van der Waals surface area contributed by atoms with Crippen LogP contribution in [-0.2, 0) is 4.79 Å². The first-order valence-corrected chi connectivity index (χ1v) is 5.81. The van der Waals surface area contributed by atoms with Gasteiger partial charge in [0.2, 0.25) is 0 Å². The second-order valence-corrected chi connectivity index (χ2v) is 4.93. The fourth-order valence-corrected chi connectivity index (χ4v) is 2.55. The molecule has 0 aliphatic heterocycles. The molecule has 0 saturated heterocycles. The van der Waals surface area contributed by atoms with Crippen LogP contribution in [0.1, 0.15) is 37.8 Å². The molecule has 1 fully saturated rings. The Bertz CT molecular complexity index is 386. The number of aryl methyl sites for hydroxylation is 1. The van der Waals surface area contributed by atoms with Crippen LogP contribution in [0.2, 0.25) is 0 Å². The van der Waals surface area contributed by atoms with Crippen molar-refractivity contribution in [2.75, 3.05) is 0 Å². The molecule has 1 N–H and O–H groups in total. The number of aliphatic carboxylic acids is 1. The lowest BCUT2D eigenvalue weighted by Gasteiger charge is -2.32. The van der Waals surface area contributed by atoms with Gasteiger partial charge in [0.25, 0.3) is 0 Å². The summed E-state index contributed by atoms with van der Waals surface area (Å²) in [4.78, 5) is 11.2. The maximum absolute atomic E-state index is 11.2. The van der Waals surface area contributed by atoms with Gasteiger partial charge in [-0.3, -0.25) is 9.48 Å². The number of carboxylic acid groups (broad SMARTS) is 1. The van der Waals surface area contributed by atoms with Gasteiger partial charge in [-0.1, -0.05) is 6.92 Å². The zero-order valence-electron chi connectivity index (χ0n) is 9.76. The number of hydrogen-bond donors (Lipinski definition) is 1. The highest BCUT2D eigenvalue weighted by Gasteiger charge is 2.35. The standard InChI is InChI=1S/C12H18N2O2/c1-8-3-4-10(12(15)16)11(5-8)14-7-9(2)6-13-14/h6-8,10-11H,3-5H2,1-2H3,(H,15,16). The molecule has 1 heterocycles. The van der Waals surface area contributed by atoms with Gasteiger partial charge in [-0.05, 0) is 37.7 Å². The summed E-state index contributed by atoms with van der Waals surface area (Å²) >= 11 is 0. The van der Waals surface area contributed by atoms with Gasteiger partial charge < -0.3 is 5.11 Å². The molecule has 0 spiro atoms. The summed E-state index contributed by atoms with van der Waals surface area (Å²) in [5.74, 6) is -0.384. The van der Waals surface area contributed by atoms with Crippen molar-refractivity contribution in [3.05, 3.63) is 18.0 Å². The van der Waals surface area contributed by atoms with E-state index < -0.39 is 5.97 Å². The molecule has 3 unspecified atom stereocenters. The summed E-state index contributed by atoms with van der Waals surface area (Å²) in [6.45, 7) is 4.16. The monoisotopic (exact) mass is 222 g/mol. The average molecular weight is 222 g/mol. The van der Waals surface area contributed by atoms with Crippen molar-refractivity contribution >= 4 is 5.97 Å². The largest absolute Gasteiger partial charge is 0.481 e. The SMILES string of the molecule is Cc1cnn(C2CC(C)CCC2C(=O)O)c1. The van der Waals surface area contributed by atoms with E-state index in [1.807, 2.05) is 17.8 Å². The fraction of sp³-hybridized carbons (Fsp3) is 0.667. The first-order chi connectivity index (χ1) is 7.58. The molecule has 0 amide bonds. The fourth-order valence-electron chi connectivity index (χ4n) is 2.55. The van der Waals surface area contributed by atoms with E-state index >= 15 is 0 Å². The van der Waals surface area contributed by atoms with Gasteiger partial charge in [0.1, 0.15) is 0 Å². The Morgan fingerprint density at radius 3 is 2.88 bits per heavy atom. The Balaban J connectivity index is 2.23. The average Bonchev–Trinajstić information content (AvgIpc) is 2.64. The molecule has 0 radical (unpaired) electrons. The van der Waals surface area contributed by atoms with E-state index in [2.05, 4.69) is 12.0 Å². The van der Waals surface area contributed by atoms with Crippen LogP contribution in [0, 0.1) is 18.8 Å². The third-order valence-electron chi connectivity index (χ3n) is 3.47. The molecule has 1 aromatic rings. The highest BCUT2D eigenvalue weighted by molar-refractivity contribution is 5.70. The van der Waals surface area contributed by atoms with Crippen LogP contribution in [0.4, 0.5) is 0 Å². The van der Waals surface area contributed by atoms with Crippen LogP contribution in [0.5, 0.6) is 0 Å². The molecule has 2 rings (SSSR count). The maximum atomic E-state index is 11.2. The summed E-state index contributed by atoms with van der Waals surface area (Å²) in [5, 5.41) is 13.5. The third-order valence-corrected chi connectivity index (χ3v) is 3.47. The molecular weight excluding hydrogens is 204 g/mol. The molecule has 3 atom stereocenters. The van der Waals surface area contributed by atoms with Crippen LogP contribution in [-0.4, -0.2) is 20.9 Å². The van der Waals surface area contributed by atoms with Crippen molar-refractivity contribution in [3.8, 4) is 0 Å². The predicted molar refractivity (Wildman–Crippen MR) is 60.1 cm³/mol. The highest BCUT2D eigenvalue weighted by Crippen LogP contribution is 2.36. The van der Waals surface area contributed by atoms with Crippen molar-refractivity contribution in [1.82, 2.24) is 9.78 Å². The van der Waals surface area contributed by atoms with Crippen molar-refractivity contribution in [3.63, 3.8) is 0 Å². The minimum Gasteiger partial charge on any atom is -0.481 e. The Hall–Kier alpha value is -1.32. The van der Waals surface area contributed by atoms with Gasteiger partial charge in [0, 0.05) is 6.20 Å². The van der Waals surface area contributed by atoms with Crippen LogP contribution in [0.15, 0.2) is 12.4 Å². The van der Waals surface area contributed by atoms with E-state index in [4.69, 9.17) is 0 Å². The summed E-state index contributed by atoms with van der Waals surface area (Å²) in [6, 6.07) is 0.0231. The quantitative estimate of drug-likeness (QED) is 0.835. The van der Waals surface area contributed by atoms with E-state index in [0.29, 0.717) is 5.92 Å². The lowest BCUT2D eigenvalue weighted by molar-refractivity contribution is -0.145. The molecule has 0 aromatic carbocycles. The molecule has 1 aromatic heterocycles. The number of aromatic nitrogens is 2. The first kappa shape index (κ1) is 11.2. The number of hydrogen-bond acceptors (Lipinski definition) is 2.